The van der Waals surface area contributed by atoms with Crippen LogP contribution >= 0.6 is 0 Å². The number of benzene rings is 7. The second-order valence-electron chi connectivity index (χ2n) is 19.0. The number of hydrogen-bond acceptors (Lipinski definition) is 0. The number of hydrogen-bond donors (Lipinski definition) is 0. The van der Waals surface area contributed by atoms with Crippen LogP contribution < -0.4 is 13.7 Å². The van der Waals surface area contributed by atoms with Gasteiger partial charge in [-0.05, 0) is 123 Å². The van der Waals surface area contributed by atoms with Gasteiger partial charge in [-0.2, -0.15) is 13.7 Å². The minimum Gasteiger partial charge on any atom is -0.184 e. The zero-order valence-electron chi connectivity index (χ0n) is 38.2. The van der Waals surface area contributed by atoms with Crippen molar-refractivity contribution in [2.45, 2.75) is 30.5 Å². The van der Waals surface area contributed by atoms with Gasteiger partial charge in [0.05, 0.1) is 16.7 Å². The Morgan fingerprint density at radius 2 is 0.884 bits per heavy atom. The summed E-state index contributed by atoms with van der Waals surface area (Å²) in [6.45, 7) is 0. The zero-order chi connectivity index (χ0) is 45.5. The average molecular weight is 883 g/mol. The molecule has 3 unspecified atom stereocenters. The van der Waals surface area contributed by atoms with Gasteiger partial charge in [0.15, 0.2) is 18.6 Å². The second kappa shape index (κ2) is 15.8. The van der Waals surface area contributed by atoms with E-state index in [-0.39, 0.29) is 12.1 Å². The molecule has 1 spiro atoms. The van der Waals surface area contributed by atoms with Crippen molar-refractivity contribution in [3.63, 3.8) is 0 Å². The van der Waals surface area contributed by atoms with Crippen LogP contribution in [0.25, 0.3) is 78.3 Å². The summed E-state index contributed by atoms with van der Waals surface area (Å²) < 4.78 is 7.89. The first-order valence-corrected chi connectivity index (χ1v) is 24.4. The molecule has 14 rings (SSSR count). The average Bonchev–Trinajstić information content (AvgIpc) is 3.66. The minimum atomic E-state index is -0.685. The summed E-state index contributed by atoms with van der Waals surface area (Å²) in [7, 11) is 0. The number of rotatable bonds is 5. The van der Waals surface area contributed by atoms with E-state index in [1.807, 2.05) is 0 Å². The molecule has 6 heterocycles. The van der Waals surface area contributed by atoms with Crippen LogP contribution in [0.15, 0.2) is 255 Å². The Balaban J connectivity index is 1.05. The number of fused-ring (bicyclic) bond motifs is 17. The van der Waals surface area contributed by atoms with E-state index >= 15 is 0 Å². The number of allylic oxidation sites excluding steroid dienone is 4. The van der Waals surface area contributed by atoms with Crippen LogP contribution in [0.1, 0.15) is 52.7 Å². The third-order valence-electron chi connectivity index (χ3n) is 15.4. The molecule has 0 saturated carbocycles. The van der Waals surface area contributed by atoms with Crippen molar-refractivity contribution in [1.29, 1.82) is 0 Å². The van der Waals surface area contributed by atoms with Crippen LogP contribution in [0.2, 0.25) is 0 Å². The molecule has 7 aromatic carbocycles. The Bertz CT molecular complexity index is 3740. The Hall–Kier alpha value is -8.53. The van der Waals surface area contributed by atoms with Gasteiger partial charge in [-0.15, -0.1) is 0 Å². The van der Waals surface area contributed by atoms with E-state index in [0.29, 0.717) is 0 Å². The van der Waals surface area contributed by atoms with Crippen LogP contribution in [0.5, 0.6) is 0 Å². The first-order valence-electron chi connectivity index (χ1n) is 24.4. The van der Waals surface area contributed by atoms with Crippen molar-refractivity contribution in [1.82, 2.24) is 0 Å². The fraction of sp³-hybridized carbons (Fsp3) is 0.0758. The largest absolute Gasteiger partial charge is 0.297 e. The van der Waals surface area contributed by atoms with Crippen LogP contribution in [0.3, 0.4) is 0 Å². The summed E-state index contributed by atoms with van der Waals surface area (Å²) in [5.74, 6) is 0. The van der Waals surface area contributed by atoms with Crippen molar-refractivity contribution in [3.05, 3.63) is 283 Å². The summed E-state index contributed by atoms with van der Waals surface area (Å²) in [4.78, 5) is 0. The monoisotopic (exact) mass is 882 g/mol. The SMILES string of the molecule is C1=C(c2ccccc2)C=C(c2ccc3c(c2)-c2cccc[n+]2C2C3[n+]3ccccc3-c3cc(-c4cccc(-c5ccccc5)c4)ccc3C23c2ccc(-c4ccccc4)cc2-c2cccc[n+]23)CC1. The van der Waals surface area contributed by atoms with Crippen molar-refractivity contribution < 1.29 is 13.7 Å². The molecule has 324 valence electrons. The fourth-order valence-corrected chi connectivity index (χ4v) is 12.4. The third kappa shape index (κ3) is 6.10. The van der Waals surface area contributed by atoms with Gasteiger partial charge in [0.25, 0.3) is 17.6 Å². The Morgan fingerprint density at radius 1 is 0.377 bits per heavy atom. The summed E-state index contributed by atoms with van der Waals surface area (Å²) >= 11 is 0. The van der Waals surface area contributed by atoms with E-state index in [2.05, 4.69) is 269 Å². The van der Waals surface area contributed by atoms with E-state index in [0.717, 1.165) is 12.8 Å². The molecule has 0 amide bonds. The maximum Gasteiger partial charge on any atom is 0.297 e. The van der Waals surface area contributed by atoms with Gasteiger partial charge >= 0.3 is 0 Å². The molecule has 0 radical (unpaired) electrons. The minimum absolute atomic E-state index is 0.0946. The van der Waals surface area contributed by atoms with Gasteiger partial charge in [-0.25, -0.2) is 0 Å². The number of pyridine rings is 3. The molecule has 3 aliphatic heterocycles. The zero-order valence-corrected chi connectivity index (χ0v) is 38.2. The molecule has 3 heteroatoms. The molecule has 0 fully saturated rings. The predicted octanol–water partition coefficient (Wildman–Crippen LogP) is 14.1. The van der Waals surface area contributed by atoms with E-state index < -0.39 is 5.54 Å². The van der Waals surface area contributed by atoms with Crippen LogP contribution in [0.4, 0.5) is 0 Å². The Labute approximate surface area is 403 Å². The molecule has 3 nitrogen and oxygen atoms in total. The molecular weight excluding hydrogens is 835 g/mol. The van der Waals surface area contributed by atoms with Crippen LogP contribution in [0, 0.1) is 0 Å². The molecule has 3 atom stereocenters. The van der Waals surface area contributed by atoms with Gasteiger partial charge in [0, 0.05) is 53.1 Å². The first-order chi connectivity index (χ1) is 34.2. The highest BCUT2D eigenvalue weighted by Crippen LogP contribution is 2.57. The summed E-state index contributed by atoms with van der Waals surface area (Å²) in [6.07, 6.45) is 13.9. The van der Waals surface area contributed by atoms with E-state index in [1.54, 1.807) is 0 Å². The molecule has 4 aliphatic rings. The first kappa shape index (κ1) is 39.6. The van der Waals surface area contributed by atoms with E-state index in [9.17, 15) is 0 Å². The topological polar surface area (TPSA) is 11.6 Å². The molecular formula is C66H48N3+3. The normalized spacial score (nSPS) is 18.0. The summed E-state index contributed by atoms with van der Waals surface area (Å²) in [5.41, 5.74) is 23.2. The smallest absolute Gasteiger partial charge is 0.184 e. The molecule has 0 bridgehead atoms. The highest BCUT2D eigenvalue weighted by Gasteiger charge is 2.71. The Morgan fingerprint density at radius 3 is 1.58 bits per heavy atom. The highest BCUT2D eigenvalue weighted by molar-refractivity contribution is 5.87. The van der Waals surface area contributed by atoms with Crippen molar-refractivity contribution in [2.75, 3.05) is 0 Å². The molecule has 3 aromatic heterocycles. The molecule has 69 heavy (non-hydrogen) atoms. The van der Waals surface area contributed by atoms with Gasteiger partial charge in [-0.3, -0.25) is 0 Å². The third-order valence-corrected chi connectivity index (χ3v) is 15.4. The molecule has 10 aromatic rings. The lowest BCUT2D eigenvalue weighted by atomic mass is 9.69. The lowest BCUT2D eigenvalue weighted by Crippen LogP contribution is -2.70. The van der Waals surface area contributed by atoms with E-state index in [4.69, 9.17) is 0 Å². The summed E-state index contributed by atoms with van der Waals surface area (Å²) in [5, 5.41) is 0. The van der Waals surface area contributed by atoms with Gasteiger partial charge in [0.2, 0.25) is 17.1 Å². The van der Waals surface area contributed by atoms with Crippen molar-refractivity contribution >= 4 is 11.1 Å². The fourth-order valence-electron chi connectivity index (χ4n) is 12.4. The molecule has 1 aliphatic carbocycles. The molecule has 0 N–H and O–H groups in total. The summed E-state index contributed by atoms with van der Waals surface area (Å²) in [6, 6.07) is 83.6. The van der Waals surface area contributed by atoms with Crippen molar-refractivity contribution in [2.24, 2.45) is 0 Å². The maximum absolute atomic E-state index is 2.64. The van der Waals surface area contributed by atoms with Crippen LogP contribution in [-0.2, 0) is 5.54 Å². The van der Waals surface area contributed by atoms with Gasteiger partial charge < -0.3 is 0 Å². The maximum atomic E-state index is 2.64. The highest BCUT2D eigenvalue weighted by atomic mass is 15.2. The van der Waals surface area contributed by atoms with Crippen molar-refractivity contribution in [3.8, 4) is 67.2 Å². The molecule has 0 saturated heterocycles. The van der Waals surface area contributed by atoms with Gasteiger partial charge in [0.1, 0.15) is 0 Å². The standard InChI is InChI=1S/C66H48N3/c1-4-18-45(19-5-1)48-24-16-26-50(40-48)53-31-34-55-56(42-53)61-28-11-14-38-68(61)65-64(55)67-37-13-10-29-62(67)57-44-54(51-27-17-25-49(41-51)46-20-6-2-7-21-46)33-36-59(57)66(65)60-35-32-52(47-22-8-3-9-23-47)43-58(60)63-30-12-15-39-69(63)66/h1-15,17-25,27-44,64-65H,16,26H2/q+3. The van der Waals surface area contributed by atoms with E-state index in [1.165, 1.54) is 106 Å². The lowest BCUT2D eigenvalue weighted by Gasteiger charge is -2.35. The van der Waals surface area contributed by atoms with Crippen LogP contribution in [-0.4, -0.2) is 0 Å². The number of nitrogens with zero attached hydrogens (tertiary/aromatic N) is 3. The number of aromatic nitrogens is 3. The quantitative estimate of drug-likeness (QED) is 0.153. The lowest BCUT2D eigenvalue weighted by molar-refractivity contribution is -0.862. The second-order valence-corrected chi connectivity index (χ2v) is 19.0. The predicted molar refractivity (Wildman–Crippen MR) is 278 cm³/mol. The Kier molecular flexibility index (Phi) is 9.07. The van der Waals surface area contributed by atoms with Gasteiger partial charge in [-0.1, -0.05) is 146 Å².